The number of fused-ring (bicyclic) bond motifs is 1. The Hall–Kier alpha value is -4.76. The van der Waals surface area contributed by atoms with Gasteiger partial charge in [-0.1, -0.05) is 12.1 Å². The van der Waals surface area contributed by atoms with Gasteiger partial charge in [0.1, 0.15) is 17.3 Å². The monoisotopic (exact) mass is 652 g/mol. The third kappa shape index (κ3) is 6.20. The molecule has 1 amide bonds. The zero-order chi connectivity index (χ0) is 33.5. The van der Waals surface area contributed by atoms with E-state index < -0.39 is 37.9 Å². The Morgan fingerprint density at radius 3 is 2.54 bits per heavy atom. The van der Waals surface area contributed by atoms with Crippen molar-refractivity contribution < 1.29 is 22.0 Å². The number of pyridine rings is 2. The molecule has 0 saturated carbocycles. The molecular formula is C31H34F2N8O4S. The van der Waals surface area contributed by atoms with Gasteiger partial charge in [0, 0.05) is 56.4 Å². The lowest BCUT2D eigenvalue weighted by molar-refractivity contribution is -0.126. The molecule has 12 nitrogen and oxygen atoms in total. The molecule has 0 spiro atoms. The highest BCUT2D eigenvalue weighted by Gasteiger charge is 2.31. The van der Waals surface area contributed by atoms with Gasteiger partial charge in [0.25, 0.3) is 0 Å². The van der Waals surface area contributed by atoms with Gasteiger partial charge in [-0.2, -0.15) is 4.98 Å². The second kappa shape index (κ2) is 12.6. The number of anilines is 2. The lowest BCUT2D eigenvalue weighted by Gasteiger charge is -2.40. The largest absolute Gasteiger partial charge is 0.398 e. The van der Waals surface area contributed by atoms with E-state index in [1.165, 1.54) is 30.5 Å². The van der Waals surface area contributed by atoms with E-state index >= 15 is 8.78 Å². The minimum Gasteiger partial charge on any atom is -0.398 e. The molecule has 0 aliphatic carbocycles. The Morgan fingerprint density at radius 2 is 1.89 bits per heavy atom. The zero-order valence-electron chi connectivity index (χ0n) is 26.0. The molecular weight excluding hydrogens is 618 g/mol. The van der Waals surface area contributed by atoms with Gasteiger partial charge in [0.15, 0.2) is 26.3 Å². The molecule has 0 unspecified atom stereocenters. The van der Waals surface area contributed by atoms with Crippen LogP contribution in [0.3, 0.4) is 0 Å². The van der Waals surface area contributed by atoms with Crippen molar-refractivity contribution in [3.63, 3.8) is 0 Å². The van der Waals surface area contributed by atoms with Crippen LogP contribution >= 0.6 is 0 Å². The molecule has 4 heterocycles. The van der Waals surface area contributed by atoms with Gasteiger partial charge in [-0.05, 0) is 57.8 Å². The Balaban J connectivity index is 1.73. The second-order valence-corrected chi connectivity index (χ2v) is 13.4. The molecule has 242 valence electrons. The first-order valence-electron chi connectivity index (χ1n) is 14.4. The first kappa shape index (κ1) is 32.6. The smallest absolute Gasteiger partial charge is 0.355 e. The third-order valence-electron chi connectivity index (χ3n) is 7.69. The maximum Gasteiger partial charge on any atom is 0.355 e. The predicted octanol–water partition coefficient (Wildman–Crippen LogP) is 2.57. The number of aryl methyl sites for hydroxylation is 1. The van der Waals surface area contributed by atoms with Crippen LogP contribution < -0.4 is 16.3 Å². The number of aromatic nitrogens is 4. The molecule has 3 aromatic heterocycles. The van der Waals surface area contributed by atoms with Crippen LogP contribution in [-0.2, 0) is 14.6 Å². The fourth-order valence-corrected chi connectivity index (χ4v) is 6.36. The number of piperazine rings is 1. The van der Waals surface area contributed by atoms with Gasteiger partial charge < -0.3 is 20.4 Å². The van der Waals surface area contributed by atoms with Crippen LogP contribution in [0.15, 0.2) is 58.5 Å². The van der Waals surface area contributed by atoms with Gasteiger partial charge in [-0.3, -0.25) is 4.79 Å². The lowest BCUT2D eigenvalue weighted by Crippen LogP contribution is -2.54. The third-order valence-corrected chi connectivity index (χ3v) is 8.69. The SMILES string of the molecule is Cc1ccnc(S(C)(=O)=O)c1-n1c(=O)nc(N2CCN(C(=O)/C=C/CN(C)C)C[C@@H]2C)c2cc(F)c(-c3c(N)cccc3F)nc21. The average Bonchev–Trinajstić information content (AvgIpc) is 2.97. The van der Waals surface area contributed by atoms with E-state index in [0.717, 1.165) is 23.0 Å². The molecule has 2 N–H and O–H groups in total. The van der Waals surface area contributed by atoms with Crippen molar-refractivity contribution in [3.8, 4) is 16.9 Å². The normalized spacial score (nSPS) is 15.8. The van der Waals surface area contributed by atoms with Crippen molar-refractivity contribution in [2.45, 2.75) is 24.9 Å². The van der Waals surface area contributed by atoms with Crippen LogP contribution in [0.2, 0.25) is 0 Å². The number of benzene rings is 1. The van der Waals surface area contributed by atoms with E-state index in [1.54, 1.807) is 22.8 Å². The summed E-state index contributed by atoms with van der Waals surface area (Å²) in [5.74, 6) is -1.85. The fraction of sp³-hybridized carbons (Fsp3) is 0.323. The number of hydrogen-bond acceptors (Lipinski definition) is 10. The van der Waals surface area contributed by atoms with Crippen molar-refractivity contribution >= 4 is 38.3 Å². The molecule has 1 aromatic carbocycles. The summed E-state index contributed by atoms with van der Waals surface area (Å²) in [5.41, 5.74) is 4.33. The van der Waals surface area contributed by atoms with Gasteiger partial charge >= 0.3 is 5.69 Å². The molecule has 1 aliphatic heterocycles. The van der Waals surface area contributed by atoms with E-state index in [-0.39, 0.29) is 58.8 Å². The number of nitrogen functional groups attached to an aromatic ring is 1. The summed E-state index contributed by atoms with van der Waals surface area (Å²) in [6, 6.07) is 6.10. The molecule has 1 saturated heterocycles. The second-order valence-electron chi connectivity index (χ2n) is 11.5. The van der Waals surface area contributed by atoms with Crippen molar-refractivity contribution in [1.29, 1.82) is 0 Å². The summed E-state index contributed by atoms with van der Waals surface area (Å²) in [6.45, 7) is 4.86. The Labute approximate surface area is 264 Å². The van der Waals surface area contributed by atoms with E-state index in [0.29, 0.717) is 18.7 Å². The average molecular weight is 653 g/mol. The van der Waals surface area contributed by atoms with Crippen molar-refractivity contribution in [1.82, 2.24) is 29.3 Å². The number of sulfone groups is 1. The standard InChI is InChI=1S/C31H34F2N8O4S/c1-18-11-12-35-30(46(5,44)45)27(18)41-29-20(16-22(33)26(36-29)25-21(32)8-6-9-23(25)34)28(37-31(41)43)40-15-14-39(17-19(40)2)24(42)10-7-13-38(3)4/h6-12,16,19H,13-15,17,34H2,1-5H3/b10-7+/t19-/m0/s1. The highest BCUT2D eigenvalue weighted by molar-refractivity contribution is 7.90. The number of halogens is 2. The first-order valence-corrected chi connectivity index (χ1v) is 16.3. The summed E-state index contributed by atoms with van der Waals surface area (Å²) in [6.07, 6.45) is 5.53. The summed E-state index contributed by atoms with van der Waals surface area (Å²) in [7, 11) is -0.189. The van der Waals surface area contributed by atoms with Crippen molar-refractivity contribution in [2.24, 2.45) is 0 Å². The van der Waals surface area contributed by atoms with Crippen molar-refractivity contribution in [2.75, 3.05) is 57.2 Å². The maximum atomic E-state index is 15.9. The molecule has 0 bridgehead atoms. The number of nitrogens with two attached hydrogens (primary N) is 1. The topological polar surface area (TPSA) is 148 Å². The molecule has 1 atom stereocenters. The van der Waals surface area contributed by atoms with Crippen LogP contribution in [0.1, 0.15) is 12.5 Å². The molecule has 0 radical (unpaired) electrons. The summed E-state index contributed by atoms with van der Waals surface area (Å²) in [4.78, 5) is 44.9. The van der Waals surface area contributed by atoms with Gasteiger partial charge in [0.2, 0.25) is 5.91 Å². The maximum absolute atomic E-state index is 15.9. The van der Waals surface area contributed by atoms with Crippen LogP contribution in [0.4, 0.5) is 20.3 Å². The molecule has 1 aliphatic rings. The quantitative estimate of drug-likeness (QED) is 0.233. The van der Waals surface area contributed by atoms with Gasteiger partial charge in [-0.25, -0.2) is 36.5 Å². The molecule has 4 aromatic rings. The highest BCUT2D eigenvalue weighted by Crippen LogP contribution is 2.35. The lowest BCUT2D eigenvalue weighted by atomic mass is 10.1. The van der Waals surface area contributed by atoms with Gasteiger partial charge in [0.05, 0.1) is 16.6 Å². The zero-order valence-corrected chi connectivity index (χ0v) is 26.8. The Morgan fingerprint density at radius 1 is 1.15 bits per heavy atom. The van der Waals surface area contributed by atoms with Crippen LogP contribution in [-0.4, -0.2) is 96.2 Å². The molecule has 46 heavy (non-hydrogen) atoms. The summed E-state index contributed by atoms with van der Waals surface area (Å²) < 4.78 is 57.6. The summed E-state index contributed by atoms with van der Waals surface area (Å²) >= 11 is 0. The first-order chi connectivity index (χ1) is 21.7. The predicted molar refractivity (Wildman–Crippen MR) is 172 cm³/mol. The number of amides is 1. The number of carbonyl (C=O) groups is 1. The Kier molecular flexibility index (Phi) is 8.91. The molecule has 1 fully saturated rings. The Bertz CT molecular complexity index is 2030. The number of nitrogens with zero attached hydrogens (tertiary/aromatic N) is 7. The van der Waals surface area contributed by atoms with E-state index in [4.69, 9.17) is 5.73 Å². The van der Waals surface area contributed by atoms with Crippen molar-refractivity contribution in [3.05, 3.63) is 76.4 Å². The number of rotatable bonds is 7. The van der Waals surface area contributed by atoms with E-state index in [2.05, 4.69) is 15.0 Å². The minimum atomic E-state index is -3.98. The number of carbonyl (C=O) groups excluding carboxylic acids is 1. The fourth-order valence-electron chi connectivity index (χ4n) is 5.50. The summed E-state index contributed by atoms with van der Waals surface area (Å²) in [5, 5.41) is -0.345. The van der Waals surface area contributed by atoms with Crippen LogP contribution in [0, 0.1) is 18.6 Å². The number of likely N-dealkylation sites (N-methyl/N-ethyl adjacent to an activating group) is 1. The highest BCUT2D eigenvalue weighted by atomic mass is 32.2. The van der Waals surface area contributed by atoms with Crippen LogP contribution in [0.25, 0.3) is 28.0 Å². The molecule has 15 heteroatoms. The molecule has 5 rings (SSSR count). The van der Waals surface area contributed by atoms with Gasteiger partial charge in [-0.15, -0.1) is 0 Å². The number of hydrogen-bond donors (Lipinski definition) is 1. The van der Waals surface area contributed by atoms with E-state index in [9.17, 15) is 18.0 Å². The van der Waals surface area contributed by atoms with Crippen LogP contribution in [0.5, 0.6) is 0 Å². The van der Waals surface area contributed by atoms with E-state index in [1.807, 2.05) is 25.9 Å². The minimum absolute atomic E-state index is 0.0657.